The van der Waals surface area contributed by atoms with Gasteiger partial charge in [0.25, 0.3) is 0 Å². The number of hydrogen-bond acceptors (Lipinski definition) is 6. The zero-order valence-corrected chi connectivity index (χ0v) is 16.9. The topological polar surface area (TPSA) is 192 Å². The molecule has 2 rings (SSSR count). The zero-order chi connectivity index (χ0) is 22.1. The van der Waals surface area contributed by atoms with Gasteiger partial charge >= 0.3 is 5.97 Å². The van der Waals surface area contributed by atoms with Crippen molar-refractivity contribution < 1.29 is 24.3 Å². The van der Waals surface area contributed by atoms with Crippen LogP contribution in [0, 0.1) is 0 Å². The van der Waals surface area contributed by atoms with Crippen molar-refractivity contribution in [1.29, 1.82) is 0 Å². The zero-order valence-electron chi connectivity index (χ0n) is 16.9. The highest BCUT2D eigenvalue weighted by atomic mass is 16.4. The van der Waals surface area contributed by atoms with E-state index in [1.807, 2.05) is 0 Å². The van der Waals surface area contributed by atoms with Crippen LogP contribution in [0.25, 0.3) is 0 Å². The lowest BCUT2D eigenvalue weighted by molar-refractivity contribution is -0.141. The van der Waals surface area contributed by atoms with Gasteiger partial charge in [0.15, 0.2) is 5.96 Å². The number of nitrogens with zero attached hydrogens (tertiary/aromatic N) is 2. The molecule has 12 heteroatoms. The lowest BCUT2D eigenvalue weighted by atomic mass is 10.1. The molecule has 30 heavy (non-hydrogen) atoms. The van der Waals surface area contributed by atoms with Crippen LogP contribution in [-0.2, 0) is 19.2 Å². The van der Waals surface area contributed by atoms with Crippen molar-refractivity contribution in [3.8, 4) is 0 Å². The Labute approximate surface area is 174 Å². The summed E-state index contributed by atoms with van der Waals surface area (Å²) in [5, 5.41) is 16.9. The Kier molecular flexibility index (Phi) is 8.84. The van der Waals surface area contributed by atoms with Gasteiger partial charge in [0.1, 0.15) is 18.6 Å². The van der Waals surface area contributed by atoms with Crippen molar-refractivity contribution >= 4 is 29.7 Å². The Balaban J connectivity index is 1.99. The minimum absolute atomic E-state index is 0.0773. The Morgan fingerprint density at radius 3 is 2.60 bits per heavy atom. The summed E-state index contributed by atoms with van der Waals surface area (Å²) < 4.78 is 0. The second-order valence-electron chi connectivity index (χ2n) is 7.46. The molecule has 2 heterocycles. The maximum atomic E-state index is 12.9. The monoisotopic (exact) mass is 425 g/mol. The van der Waals surface area contributed by atoms with Gasteiger partial charge in [0, 0.05) is 13.1 Å². The number of amides is 3. The molecule has 0 saturated carbocycles. The lowest BCUT2D eigenvalue weighted by Crippen LogP contribution is -2.55. The number of rotatable bonds is 10. The smallest absolute Gasteiger partial charge is 0.322 e. The minimum atomic E-state index is -1.19. The molecule has 0 aromatic rings. The van der Waals surface area contributed by atoms with Crippen molar-refractivity contribution in [2.24, 2.45) is 16.5 Å². The third-order valence-corrected chi connectivity index (χ3v) is 5.19. The van der Waals surface area contributed by atoms with Gasteiger partial charge in [-0.1, -0.05) is 0 Å². The number of guanidine groups is 1. The fourth-order valence-corrected chi connectivity index (χ4v) is 3.72. The van der Waals surface area contributed by atoms with E-state index in [1.165, 1.54) is 0 Å². The molecule has 3 unspecified atom stereocenters. The van der Waals surface area contributed by atoms with Gasteiger partial charge in [-0.3, -0.25) is 24.2 Å². The molecule has 2 aliphatic rings. The van der Waals surface area contributed by atoms with E-state index in [0.717, 1.165) is 19.4 Å². The summed E-state index contributed by atoms with van der Waals surface area (Å²) in [6, 6.07) is -1.87. The predicted molar refractivity (Wildman–Crippen MR) is 108 cm³/mol. The molecule has 0 radical (unpaired) electrons. The van der Waals surface area contributed by atoms with Crippen LogP contribution in [0.3, 0.4) is 0 Å². The highest BCUT2D eigenvalue weighted by molar-refractivity contribution is 5.94. The average molecular weight is 425 g/mol. The number of nitrogens with two attached hydrogens (primary N) is 2. The third kappa shape index (κ3) is 6.87. The predicted octanol–water partition coefficient (Wildman–Crippen LogP) is -2.53. The van der Waals surface area contributed by atoms with Crippen LogP contribution in [0.2, 0.25) is 0 Å². The molecule has 0 aliphatic carbocycles. The Bertz CT molecular complexity index is 674. The number of aliphatic imine (C=N–C) groups is 1. The Morgan fingerprint density at radius 2 is 1.97 bits per heavy atom. The van der Waals surface area contributed by atoms with Crippen molar-refractivity contribution in [1.82, 2.24) is 20.9 Å². The lowest BCUT2D eigenvalue weighted by Gasteiger charge is -2.28. The van der Waals surface area contributed by atoms with E-state index in [-0.39, 0.29) is 30.9 Å². The van der Waals surface area contributed by atoms with Crippen LogP contribution >= 0.6 is 0 Å². The van der Waals surface area contributed by atoms with Gasteiger partial charge < -0.3 is 37.4 Å². The highest BCUT2D eigenvalue weighted by Crippen LogP contribution is 2.21. The second kappa shape index (κ2) is 11.3. The molecule has 2 fully saturated rings. The number of carbonyl (C=O) groups excluding carboxylic acids is 3. The Hall–Kier alpha value is -2.89. The maximum Gasteiger partial charge on any atom is 0.322 e. The highest BCUT2D eigenvalue weighted by Gasteiger charge is 2.38. The molecule has 0 aromatic carbocycles. The first-order valence-electron chi connectivity index (χ1n) is 10.2. The van der Waals surface area contributed by atoms with Crippen molar-refractivity contribution in [2.45, 2.75) is 56.7 Å². The van der Waals surface area contributed by atoms with E-state index in [9.17, 15) is 19.2 Å². The first-order chi connectivity index (χ1) is 14.3. The molecule has 12 nitrogen and oxygen atoms in total. The van der Waals surface area contributed by atoms with E-state index >= 15 is 0 Å². The molecule has 3 amide bonds. The maximum absolute atomic E-state index is 12.9. The summed E-state index contributed by atoms with van der Waals surface area (Å²) >= 11 is 0. The van der Waals surface area contributed by atoms with E-state index in [0.29, 0.717) is 25.8 Å². The normalized spacial score (nSPS) is 21.7. The van der Waals surface area contributed by atoms with Gasteiger partial charge in [-0.15, -0.1) is 0 Å². The SMILES string of the molecule is NC(N)=NCCCC(NC(=O)C1CCCN1C(=O)C1CCCN1)C(=O)NCC(=O)O. The molecule has 0 aromatic heterocycles. The summed E-state index contributed by atoms with van der Waals surface area (Å²) in [5.74, 6) is -2.39. The summed E-state index contributed by atoms with van der Waals surface area (Å²) in [6.07, 6.45) is 3.51. The van der Waals surface area contributed by atoms with Gasteiger partial charge in [-0.25, -0.2) is 0 Å². The number of nitrogens with one attached hydrogen (secondary N) is 3. The molecular formula is C18H31N7O5. The fraction of sp³-hybridized carbons (Fsp3) is 0.722. The Morgan fingerprint density at radius 1 is 1.20 bits per heavy atom. The van der Waals surface area contributed by atoms with Crippen LogP contribution in [0.15, 0.2) is 4.99 Å². The van der Waals surface area contributed by atoms with Gasteiger partial charge in [-0.2, -0.15) is 0 Å². The second-order valence-corrected chi connectivity index (χ2v) is 7.46. The van der Waals surface area contributed by atoms with Gasteiger partial charge in [0.05, 0.1) is 6.04 Å². The van der Waals surface area contributed by atoms with Gasteiger partial charge in [-0.05, 0) is 45.1 Å². The molecule has 2 saturated heterocycles. The molecule has 2 aliphatic heterocycles. The van der Waals surface area contributed by atoms with Crippen LogP contribution in [0.1, 0.15) is 38.5 Å². The van der Waals surface area contributed by atoms with Gasteiger partial charge in [0.2, 0.25) is 17.7 Å². The standard InChI is InChI=1S/C18H31N7O5/c19-18(20)22-8-1-4-11(15(28)23-10-14(26)27)24-16(29)13-6-3-9-25(13)17(30)12-5-2-7-21-12/h11-13,21H,1-10H2,(H,23,28)(H,24,29)(H,26,27)(H4,19,20,22). The number of hydrogen-bond donors (Lipinski definition) is 6. The summed E-state index contributed by atoms with van der Waals surface area (Å²) in [7, 11) is 0. The quantitative estimate of drug-likeness (QED) is 0.125. The van der Waals surface area contributed by atoms with E-state index < -0.39 is 36.4 Å². The molecule has 0 bridgehead atoms. The van der Waals surface area contributed by atoms with Crippen molar-refractivity contribution in [3.63, 3.8) is 0 Å². The number of carboxylic acid groups (broad SMARTS) is 1. The van der Waals surface area contributed by atoms with Crippen molar-refractivity contribution in [2.75, 3.05) is 26.2 Å². The third-order valence-electron chi connectivity index (χ3n) is 5.19. The van der Waals surface area contributed by atoms with Crippen LogP contribution in [-0.4, -0.2) is 84.0 Å². The number of likely N-dealkylation sites (tertiary alicyclic amines) is 1. The van der Waals surface area contributed by atoms with E-state index in [1.54, 1.807) is 4.90 Å². The number of aliphatic carboxylic acids is 1. The minimum Gasteiger partial charge on any atom is -0.480 e. The van der Waals surface area contributed by atoms with Crippen LogP contribution in [0.4, 0.5) is 0 Å². The van der Waals surface area contributed by atoms with E-state index in [2.05, 4.69) is 20.9 Å². The molecular weight excluding hydrogens is 394 g/mol. The summed E-state index contributed by atoms with van der Waals surface area (Å²) in [4.78, 5) is 54.2. The molecule has 8 N–H and O–H groups in total. The molecule has 3 atom stereocenters. The first-order valence-corrected chi connectivity index (χ1v) is 10.2. The van der Waals surface area contributed by atoms with E-state index in [4.69, 9.17) is 16.6 Å². The summed E-state index contributed by atoms with van der Waals surface area (Å²) in [6.45, 7) is 0.987. The molecule has 168 valence electrons. The fourth-order valence-electron chi connectivity index (χ4n) is 3.72. The average Bonchev–Trinajstić information content (AvgIpc) is 3.39. The molecule has 0 spiro atoms. The largest absolute Gasteiger partial charge is 0.480 e. The van der Waals surface area contributed by atoms with Crippen LogP contribution in [0.5, 0.6) is 0 Å². The number of carboxylic acids is 1. The summed E-state index contributed by atoms with van der Waals surface area (Å²) in [5.41, 5.74) is 10.6. The number of carbonyl (C=O) groups is 4. The van der Waals surface area contributed by atoms with Crippen LogP contribution < -0.4 is 27.4 Å². The first kappa shape index (κ1) is 23.4. The van der Waals surface area contributed by atoms with Crippen molar-refractivity contribution in [3.05, 3.63) is 0 Å².